The van der Waals surface area contributed by atoms with E-state index in [4.69, 9.17) is 0 Å². The van der Waals surface area contributed by atoms with Crippen LogP contribution in [0.2, 0.25) is 0 Å². The molecule has 0 spiro atoms. The van der Waals surface area contributed by atoms with E-state index in [2.05, 4.69) is 20.5 Å². The molecule has 2 N–H and O–H groups in total. The summed E-state index contributed by atoms with van der Waals surface area (Å²) in [4.78, 5) is 18.3. The second-order valence-corrected chi connectivity index (χ2v) is 4.54. The molecule has 6 nitrogen and oxygen atoms in total. The molecule has 1 unspecified atom stereocenters. The highest BCUT2D eigenvalue weighted by Crippen LogP contribution is 2.19. The van der Waals surface area contributed by atoms with E-state index in [1.54, 1.807) is 6.20 Å². The van der Waals surface area contributed by atoms with Gasteiger partial charge in [-0.05, 0) is 6.92 Å². The van der Waals surface area contributed by atoms with Crippen molar-refractivity contribution in [3.05, 3.63) is 18.2 Å². The molecule has 100 valence electrons. The average molecular weight is 251 g/mol. The summed E-state index contributed by atoms with van der Waals surface area (Å²) in [6.45, 7) is 5.68. The van der Waals surface area contributed by atoms with E-state index >= 15 is 0 Å². The van der Waals surface area contributed by atoms with Crippen molar-refractivity contribution in [2.24, 2.45) is 7.05 Å². The van der Waals surface area contributed by atoms with Gasteiger partial charge < -0.3 is 15.2 Å². The minimum absolute atomic E-state index is 0.0820. The van der Waals surface area contributed by atoms with Gasteiger partial charge in [0.25, 0.3) is 0 Å². The normalized spacial score (nSPS) is 20.9. The van der Waals surface area contributed by atoms with E-state index < -0.39 is 0 Å². The summed E-state index contributed by atoms with van der Waals surface area (Å²) >= 11 is 0. The van der Waals surface area contributed by atoms with Gasteiger partial charge in [0.1, 0.15) is 5.82 Å². The first-order valence-electron chi connectivity index (χ1n) is 6.41. The van der Waals surface area contributed by atoms with Crippen molar-refractivity contribution >= 4 is 5.91 Å². The predicted octanol–water partition coefficient (Wildman–Crippen LogP) is -0.497. The summed E-state index contributed by atoms with van der Waals surface area (Å²) in [6.07, 6.45) is 3.74. The molecule has 1 aliphatic heterocycles. The summed E-state index contributed by atoms with van der Waals surface area (Å²) < 4.78 is 2.02. The lowest BCUT2D eigenvalue weighted by Gasteiger charge is -2.35. The van der Waals surface area contributed by atoms with Crippen molar-refractivity contribution in [1.82, 2.24) is 25.1 Å². The Bertz CT molecular complexity index is 403. The largest absolute Gasteiger partial charge is 0.355 e. The van der Waals surface area contributed by atoms with E-state index in [9.17, 15) is 4.79 Å². The van der Waals surface area contributed by atoms with Gasteiger partial charge in [-0.25, -0.2) is 4.98 Å². The van der Waals surface area contributed by atoms with Gasteiger partial charge >= 0.3 is 0 Å². The molecule has 2 heterocycles. The number of nitrogens with zero attached hydrogens (tertiary/aromatic N) is 3. The molecule has 2 rings (SSSR count). The van der Waals surface area contributed by atoms with Gasteiger partial charge in [0.2, 0.25) is 5.91 Å². The third kappa shape index (κ3) is 2.88. The summed E-state index contributed by atoms with van der Waals surface area (Å²) in [5, 5.41) is 6.20. The van der Waals surface area contributed by atoms with Crippen molar-refractivity contribution in [1.29, 1.82) is 0 Å². The molecule has 1 amide bonds. The Morgan fingerprint density at radius 1 is 1.67 bits per heavy atom. The van der Waals surface area contributed by atoms with Gasteiger partial charge in [-0.3, -0.25) is 9.69 Å². The number of carbonyl (C=O) groups is 1. The number of hydrogen-bond acceptors (Lipinski definition) is 4. The molecule has 18 heavy (non-hydrogen) atoms. The highest BCUT2D eigenvalue weighted by atomic mass is 16.2. The molecule has 0 radical (unpaired) electrons. The Hall–Kier alpha value is -1.40. The van der Waals surface area contributed by atoms with Gasteiger partial charge in [0.05, 0.1) is 12.6 Å². The smallest absolute Gasteiger partial charge is 0.234 e. The highest BCUT2D eigenvalue weighted by Gasteiger charge is 2.27. The molecule has 1 atom stereocenters. The number of piperazine rings is 1. The molecule has 1 saturated heterocycles. The van der Waals surface area contributed by atoms with E-state index in [1.807, 2.05) is 24.7 Å². The number of imidazole rings is 1. The third-order valence-electron chi connectivity index (χ3n) is 3.23. The van der Waals surface area contributed by atoms with Crippen molar-refractivity contribution in [3.63, 3.8) is 0 Å². The predicted molar refractivity (Wildman–Crippen MR) is 69.1 cm³/mol. The molecular weight excluding hydrogens is 230 g/mol. The minimum Gasteiger partial charge on any atom is -0.355 e. The quantitative estimate of drug-likeness (QED) is 0.757. The number of aromatic nitrogens is 2. The van der Waals surface area contributed by atoms with Crippen LogP contribution in [0, 0.1) is 0 Å². The van der Waals surface area contributed by atoms with E-state index in [0.29, 0.717) is 13.1 Å². The Balaban J connectivity index is 2.07. The lowest BCUT2D eigenvalue weighted by atomic mass is 10.1. The summed E-state index contributed by atoms with van der Waals surface area (Å²) in [5.74, 6) is 1.09. The maximum absolute atomic E-state index is 11.7. The van der Waals surface area contributed by atoms with Gasteiger partial charge in [-0.2, -0.15) is 0 Å². The van der Waals surface area contributed by atoms with Crippen LogP contribution in [0.15, 0.2) is 12.4 Å². The molecule has 0 aromatic carbocycles. The maximum Gasteiger partial charge on any atom is 0.234 e. The topological polar surface area (TPSA) is 62.2 Å². The maximum atomic E-state index is 11.7. The van der Waals surface area contributed by atoms with Crippen molar-refractivity contribution in [2.75, 3.05) is 32.7 Å². The number of aryl methyl sites for hydroxylation is 1. The molecule has 1 aromatic rings. The van der Waals surface area contributed by atoms with Crippen molar-refractivity contribution in [3.8, 4) is 0 Å². The Morgan fingerprint density at radius 2 is 2.50 bits per heavy atom. The number of amides is 1. The van der Waals surface area contributed by atoms with E-state index in [0.717, 1.165) is 25.5 Å². The molecule has 1 aliphatic rings. The van der Waals surface area contributed by atoms with Crippen LogP contribution in [-0.2, 0) is 11.8 Å². The monoisotopic (exact) mass is 251 g/mol. The van der Waals surface area contributed by atoms with Crippen LogP contribution >= 0.6 is 0 Å². The zero-order chi connectivity index (χ0) is 13.0. The Morgan fingerprint density at radius 3 is 3.17 bits per heavy atom. The first-order chi connectivity index (χ1) is 8.72. The van der Waals surface area contributed by atoms with Crippen LogP contribution in [0.3, 0.4) is 0 Å². The fourth-order valence-electron chi connectivity index (χ4n) is 2.33. The summed E-state index contributed by atoms with van der Waals surface area (Å²) in [7, 11) is 1.99. The van der Waals surface area contributed by atoms with Gasteiger partial charge in [-0.1, -0.05) is 0 Å². The summed E-state index contributed by atoms with van der Waals surface area (Å²) in [6, 6.07) is 0.168. The van der Waals surface area contributed by atoms with Crippen molar-refractivity contribution < 1.29 is 4.79 Å². The zero-order valence-electron chi connectivity index (χ0n) is 11.0. The highest BCUT2D eigenvalue weighted by molar-refractivity contribution is 5.78. The van der Waals surface area contributed by atoms with Crippen LogP contribution in [0.25, 0.3) is 0 Å². The molecule has 1 aromatic heterocycles. The molecule has 1 fully saturated rings. The van der Waals surface area contributed by atoms with Crippen LogP contribution in [0.5, 0.6) is 0 Å². The number of hydrogen-bond donors (Lipinski definition) is 2. The third-order valence-corrected chi connectivity index (χ3v) is 3.23. The Labute approximate surface area is 107 Å². The molecule has 0 saturated carbocycles. The molecular formula is C12H21N5O. The second-order valence-electron chi connectivity index (χ2n) is 4.54. The van der Waals surface area contributed by atoms with Gasteiger partial charge in [-0.15, -0.1) is 0 Å². The molecule has 0 bridgehead atoms. The summed E-state index contributed by atoms with van der Waals surface area (Å²) in [5.41, 5.74) is 0. The number of likely N-dealkylation sites (N-methyl/N-ethyl adjacent to an activating group) is 1. The molecule has 0 aliphatic carbocycles. The Kier molecular flexibility index (Phi) is 4.33. The number of carbonyl (C=O) groups excluding carboxylic acids is 1. The van der Waals surface area contributed by atoms with Gasteiger partial charge in [0.15, 0.2) is 0 Å². The van der Waals surface area contributed by atoms with Crippen LogP contribution in [0.1, 0.15) is 18.8 Å². The molecule has 6 heteroatoms. The minimum atomic E-state index is 0.0820. The lowest BCUT2D eigenvalue weighted by Crippen LogP contribution is -2.50. The average Bonchev–Trinajstić information content (AvgIpc) is 2.76. The lowest BCUT2D eigenvalue weighted by molar-refractivity contribution is -0.123. The fraction of sp³-hybridized carbons (Fsp3) is 0.667. The second kappa shape index (κ2) is 5.97. The number of nitrogens with one attached hydrogen (secondary N) is 2. The van der Waals surface area contributed by atoms with Crippen LogP contribution < -0.4 is 10.6 Å². The van der Waals surface area contributed by atoms with Crippen LogP contribution in [-0.4, -0.2) is 53.1 Å². The first-order valence-corrected chi connectivity index (χ1v) is 6.41. The SMILES string of the molecule is CCNC(=O)CN1CCNCC1c1nccn1C. The van der Waals surface area contributed by atoms with Crippen molar-refractivity contribution in [2.45, 2.75) is 13.0 Å². The standard InChI is InChI=1S/C12H21N5O/c1-3-14-11(18)9-17-7-4-13-8-10(17)12-15-5-6-16(12)2/h5-6,10,13H,3-4,7-9H2,1-2H3,(H,14,18). The first kappa shape index (κ1) is 13.0. The van der Waals surface area contributed by atoms with E-state index in [-0.39, 0.29) is 11.9 Å². The number of rotatable bonds is 4. The van der Waals surface area contributed by atoms with Gasteiger partial charge in [0, 0.05) is 45.6 Å². The van der Waals surface area contributed by atoms with Crippen LogP contribution in [0.4, 0.5) is 0 Å². The fourth-order valence-corrected chi connectivity index (χ4v) is 2.33. The van der Waals surface area contributed by atoms with E-state index in [1.165, 1.54) is 0 Å². The zero-order valence-corrected chi connectivity index (χ0v) is 11.0.